The molecule has 0 aromatic carbocycles. The molecule has 0 aromatic rings. The average Bonchev–Trinajstić information content (AvgIpc) is 2.78. The molecule has 12 nitrogen and oxygen atoms in total. The molecule has 12 heteroatoms. The van der Waals surface area contributed by atoms with E-state index in [-0.39, 0.29) is 5.71 Å². The Labute approximate surface area is 167 Å². The monoisotopic (exact) mass is 422 g/mol. The number of aliphatic hydroxyl groups excluding tert-OH is 8. The van der Waals surface area contributed by atoms with Crippen LogP contribution < -0.4 is 0 Å². The van der Waals surface area contributed by atoms with Gasteiger partial charge in [-0.15, -0.1) is 0 Å². The summed E-state index contributed by atoms with van der Waals surface area (Å²) < 4.78 is 0. The smallest absolute Gasteiger partial charge is 0.322 e. The van der Waals surface area contributed by atoms with Gasteiger partial charge < -0.3 is 51.5 Å². The Balaban J connectivity index is 0. The van der Waals surface area contributed by atoms with Gasteiger partial charge in [0.2, 0.25) is 0 Å². The molecule has 1 rings (SSSR count). The van der Waals surface area contributed by atoms with Crippen molar-refractivity contribution in [2.75, 3.05) is 52.9 Å². The molecule has 0 amide bonds. The molecular formula is C17H30N2O10. The van der Waals surface area contributed by atoms with Crippen LogP contribution in [0.2, 0.25) is 0 Å². The molecule has 0 saturated carbocycles. The van der Waals surface area contributed by atoms with Crippen LogP contribution >= 0.6 is 0 Å². The highest BCUT2D eigenvalue weighted by Crippen LogP contribution is 2.12. The maximum absolute atomic E-state index is 10.4. The van der Waals surface area contributed by atoms with Crippen molar-refractivity contribution < 1.29 is 55.5 Å². The van der Waals surface area contributed by atoms with Crippen LogP contribution in [0.3, 0.4) is 0 Å². The van der Waals surface area contributed by atoms with Crippen LogP contribution in [-0.2, 0) is 4.79 Å². The lowest BCUT2D eigenvalue weighted by Crippen LogP contribution is -2.37. The van der Waals surface area contributed by atoms with Crippen LogP contribution in [0.25, 0.3) is 5.53 Å². The van der Waals surface area contributed by atoms with Crippen LogP contribution in [-0.4, -0.2) is 115 Å². The first-order chi connectivity index (χ1) is 13.7. The minimum atomic E-state index is -1.11. The van der Waals surface area contributed by atoms with Gasteiger partial charge in [-0.3, -0.25) is 4.79 Å². The summed E-state index contributed by atoms with van der Waals surface area (Å²) in [5, 5.41) is 76.5. The zero-order valence-electron chi connectivity index (χ0n) is 15.9. The molecule has 0 spiro atoms. The number of nitrogens with zero attached hydrogens (tertiary/aromatic N) is 2. The third-order valence-corrected chi connectivity index (χ3v) is 4.07. The Kier molecular flexibility index (Phi) is 16.0. The summed E-state index contributed by atoms with van der Waals surface area (Å²) in [5.74, 6) is -1.83. The Hall–Kier alpha value is -1.99. The van der Waals surface area contributed by atoms with Crippen molar-refractivity contribution in [2.24, 2.45) is 16.7 Å². The molecule has 0 aromatic heterocycles. The Morgan fingerprint density at radius 2 is 1.14 bits per heavy atom. The number of hydrogen-bond acceptors (Lipinski definition) is 9. The predicted molar refractivity (Wildman–Crippen MR) is 99.6 cm³/mol. The van der Waals surface area contributed by atoms with Crippen LogP contribution in [0.4, 0.5) is 0 Å². The molecule has 0 fully saturated rings. The maximum atomic E-state index is 10.4. The molecule has 1 atom stereocenters. The number of rotatable bonds is 9. The van der Waals surface area contributed by atoms with Gasteiger partial charge in [-0.05, 0) is 0 Å². The van der Waals surface area contributed by atoms with E-state index in [2.05, 4.69) is 4.79 Å². The van der Waals surface area contributed by atoms with Gasteiger partial charge in [0.05, 0.1) is 63.7 Å². The Morgan fingerprint density at radius 1 is 0.793 bits per heavy atom. The number of carboxylic acids is 1. The highest BCUT2D eigenvalue weighted by molar-refractivity contribution is 6.07. The normalized spacial score (nSPS) is 15.6. The van der Waals surface area contributed by atoms with E-state index in [1.54, 1.807) is 12.2 Å². The molecule has 168 valence electrons. The first kappa shape index (κ1) is 29.2. The molecule has 1 aliphatic carbocycles. The van der Waals surface area contributed by atoms with Crippen LogP contribution in [0.1, 0.15) is 0 Å². The van der Waals surface area contributed by atoms with E-state index in [4.69, 9.17) is 51.5 Å². The van der Waals surface area contributed by atoms with E-state index in [1.165, 1.54) is 12.2 Å². The van der Waals surface area contributed by atoms with Gasteiger partial charge in [0.1, 0.15) is 0 Å². The standard InChI is InChI=1S/C7H6N2O2.2C5H12O4/c8-9-6-4-2-1-3-5(6)7(10)11;2*6-1-5(2-7,3-8)4-9/h1-5H,(H,10,11);2*6-9H,1-4H2. The van der Waals surface area contributed by atoms with E-state index < -0.39 is 75.6 Å². The SMILES string of the molecule is OCC(CO)(CO)CO.OCC(CO)(CO)CO.[N-]=[N+]=C1C=CC=CC1C(=O)O. The summed E-state index contributed by atoms with van der Waals surface area (Å²) in [5.41, 5.74) is 6.28. The maximum Gasteiger partial charge on any atom is 0.322 e. The highest BCUT2D eigenvalue weighted by atomic mass is 16.4. The molecule has 0 bridgehead atoms. The van der Waals surface area contributed by atoms with Gasteiger partial charge in [-0.25, -0.2) is 0 Å². The molecule has 0 aliphatic heterocycles. The van der Waals surface area contributed by atoms with Crippen molar-refractivity contribution in [1.29, 1.82) is 0 Å². The first-order valence-corrected chi connectivity index (χ1v) is 8.41. The fourth-order valence-electron chi connectivity index (χ4n) is 1.44. The third kappa shape index (κ3) is 9.85. The zero-order valence-corrected chi connectivity index (χ0v) is 15.9. The summed E-state index contributed by atoms with van der Waals surface area (Å²) in [6.45, 7) is -3.25. The van der Waals surface area contributed by atoms with Crippen molar-refractivity contribution in [1.82, 2.24) is 0 Å². The summed E-state index contributed by atoms with van der Waals surface area (Å²) >= 11 is 0. The molecule has 29 heavy (non-hydrogen) atoms. The molecular weight excluding hydrogens is 392 g/mol. The van der Waals surface area contributed by atoms with Gasteiger partial charge in [0.25, 0.3) is 0 Å². The second-order valence-corrected chi connectivity index (χ2v) is 6.35. The molecule has 1 aliphatic rings. The molecule has 0 heterocycles. The van der Waals surface area contributed by atoms with Gasteiger partial charge in [0, 0.05) is 6.08 Å². The summed E-state index contributed by atoms with van der Waals surface area (Å²) in [7, 11) is 0. The van der Waals surface area contributed by atoms with E-state index in [0.29, 0.717) is 0 Å². The summed E-state index contributed by atoms with van der Waals surface area (Å²) in [6.07, 6.45) is 6.14. The largest absolute Gasteiger partial charge is 0.480 e. The highest BCUT2D eigenvalue weighted by Gasteiger charge is 2.28. The Bertz CT molecular complexity index is 510. The van der Waals surface area contributed by atoms with Crippen molar-refractivity contribution in [3.8, 4) is 0 Å². The third-order valence-electron chi connectivity index (χ3n) is 4.07. The lowest BCUT2D eigenvalue weighted by atomic mass is 9.93. The fraction of sp³-hybridized carbons (Fsp3) is 0.647. The Morgan fingerprint density at radius 3 is 1.31 bits per heavy atom. The lowest BCUT2D eigenvalue weighted by Gasteiger charge is -2.23. The van der Waals surface area contributed by atoms with Crippen LogP contribution in [0, 0.1) is 16.7 Å². The van der Waals surface area contributed by atoms with Crippen molar-refractivity contribution in [3.05, 3.63) is 29.8 Å². The fourth-order valence-corrected chi connectivity index (χ4v) is 1.44. The minimum Gasteiger partial charge on any atom is -0.480 e. The van der Waals surface area contributed by atoms with Gasteiger partial charge in [-0.2, -0.15) is 4.79 Å². The van der Waals surface area contributed by atoms with Crippen molar-refractivity contribution in [2.45, 2.75) is 0 Å². The van der Waals surface area contributed by atoms with Crippen LogP contribution in [0.5, 0.6) is 0 Å². The minimum absolute atomic E-state index is 0.153. The van der Waals surface area contributed by atoms with Crippen LogP contribution in [0.15, 0.2) is 24.3 Å². The molecule has 9 N–H and O–H groups in total. The predicted octanol–water partition coefficient (Wildman–Crippen LogP) is -3.63. The van der Waals surface area contributed by atoms with E-state index >= 15 is 0 Å². The van der Waals surface area contributed by atoms with Gasteiger partial charge in [0.15, 0.2) is 5.92 Å². The quantitative estimate of drug-likeness (QED) is 0.130. The summed E-state index contributed by atoms with van der Waals surface area (Å²) in [6, 6.07) is 0. The first-order valence-electron chi connectivity index (χ1n) is 8.41. The number of carboxylic acid groups (broad SMARTS) is 1. The average molecular weight is 422 g/mol. The van der Waals surface area contributed by atoms with E-state index in [1.807, 2.05) is 0 Å². The van der Waals surface area contributed by atoms with Crippen molar-refractivity contribution in [3.63, 3.8) is 0 Å². The molecule has 0 saturated heterocycles. The number of hydrogen-bond donors (Lipinski definition) is 9. The topological polar surface area (TPSA) is 236 Å². The number of carbonyl (C=O) groups is 1. The number of allylic oxidation sites excluding steroid dienone is 3. The number of aliphatic carboxylic acids is 1. The zero-order chi connectivity index (χ0) is 22.9. The van der Waals surface area contributed by atoms with Gasteiger partial charge in [-0.1, -0.05) is 18.2 Å². The summed E-state index contributed by atoms with van der Waals surface area (Å²) in [4.78, 5) is 13.3. The van der Waals surface area contributed by atoms with Crippen molar-refractivity contribution >= 4 is 11.7 Å². The molecule has 1 unspecified atom stereocenters. The van der Waals surface area contributed by atoms with E-state index in [0.717, 1.165) is 0 Å². The second kappa shape index (κ2) is 15.9. The number of aliphatic hydroxyl groups is 8. The van der Waals surface area contributed by atoms with E-state index in [9.17, 15) is 4.79 Å². The lowest BCUT2D eigenvalue weighted by molar-refractivity contribution is -0.139. The van der Waals surface area contributed by atoms with Gasteiger partial charge >= 0.3 is 11.7 Å². The molecule has 0 radical (unpaired) electrons. The second-order valence-electron chi connectivity index (χ2n) is 6.35.